The normalized spacial score (nSPS) is 19.2. The van der Waals surface area contributed by atoms with Gasteiger partial charge < -0.3 is 10.4 Å². The molecule has 0 spiro atoms. The minimum Gasteiger partial charge on any atom is -0.396 e. The summed E-state index contributed by atoms with van der Waals surface area (Å²) in [6, 6.07) is 0. The molecule has 1 unspecified atom stereocenters. The second-order valence-corrected chi connectivity index (χ2v) is 6.99. The molecule has 19 heavy (non-hydrogen) atoms. The van der Waals surface area contributed by atoms with Crippen molar-refractivity contribution in [1.82, 2.24) is 5.32 Å². The van der Waals surface area contributed by atoms with Crippen LogP contribution in [0.4, 0.5) is 0 Å². The number of hydrogen-bond donors (Lipinski definition) is 2. The van der Waals surface area contributed by atoms with Gasteiger partial charge in [0.15, 0.2) is 0 Å². The first-order valence-corrected chi connectivity index (χ1v) is 7.82. The van der Waals surface area contributed by atoms with Crippen molar-refractivity contribution >= 4 is 5.91 Å². The van der Waals surface area contributed by atoms with E-state index in [2.05, 4.69) is 26.1 Å². The van der Waals surface area contributed by atoms with Crippen LogP contribution in [0.15, 0.2) is 0 Å². The molecule has 0 saturated heterocycles. The van der Waals surface area contributed by atoms with Crippen LogP contribution in [0.3, 0.4) is 0 Å². The van der Waals surface area contributed by atoms with Crippen molar-refractivity contribution in [3.05, 3.63) is 0 Å². The van der Waals surface area contributed by atoms with Gasteiger partial charge in [-0.05, 0) is 23.7 Å². The number of aliphatic hydroxyl groups is 1. The number of rotatable bonds is 7. The van der Waals surface area contributed by atoms with Gasteiger partial charge in [-0.3, -0.25) is 4.79 Å². The van der Waals surface area contributed by atoms with Gasteiger partial charge in [-0.25, -0.2) is 0 Å². The van der Waals surface area contributed by atoms with E-state index in [-0.39, 0.29) is 17.9 Å². The first kappa shape index (κ1) is 16.5. The zero-order valence-corrected chi connectivity index (χ0v) is 12.9. The highest BCUT2D eigenvalue weighted by Gasteiger charge is 2.23. The van der Waals surface area contributed by atoms with E-state index in [1.54, 1.807) is 0 Å². The Morgan fingerprint density at radius 3 is 2.53 bits per heavy atom. The average molecular weight is 269 g/mol. The van der Waals surface area contributed by atoms with Crippen LogP contribution in [0.25, 0.3) is 0 Å². The predicted octanol–water partition coefficient (Wildman–Crippen LogP) is 3.12. The molecule has 2 N–H and O–H groups in total. The highest BCUT2D eigenvalue weighted by atomic mass is 16.3. The summed E-state index contributed by atoms with van der Waals surface area (Å²) in [5, 5.41) is 12.0. The Morgan fingerprint density at radius 2 is 1.95 bits per heavy atom. The first-order chi connectivity index (χ1) is 8.94. The third-order valence-corrected chi connectivity index (χ3v) is 4.51. The van der Waals surface area contributed by atoms with Crippen molar-refractivity contribution in [2.45, 2.75) is 65.7 Å². The Hall–Kier alpha value is -0.570. The molecule has 0 aromatic rings. The van der Waals surface area contributed by atoms with Gasteiger partial charge in [0.2, 0.25) is 5.91 Å². The molecule has 1 aliphatic carbocycles. The van der Waals surface area contributed by atoms with Gasteiger partial charge >= 0.3 is 0 Å². The van der Waals surface area contributed by atoms with E-state index >= 15 is 0 Å². The fraction of sp³-hybridized carbons (Fsp3) is 0.938. The molecule has 1 atom stereocenters. The monoisotopic (exact) mass is 269 g/mol. The van der Waals surface area contributed by atoms with E-state index in [0.717, 1.165) is 12.3 Å². The molecule has 0 radical (unpaired) electrons. The molecule has 3 nitrogen and oxygen atoms in total. The molecule has 1 rings (SSSR count). The quantitative estimate of drug-likeness (QED) is 0.746. The van der Waals surface area contributed by atoms with Crippen LogP contribution >= 0.6 is 0 Å². The Kier molecular flexibility index (Phi) is 6.84. The highest BCUT2D eigenvalue weighted by Crippen LogP contribution is 2.31. The van der Waals surface area contributed by atoms with Gasteiger partial charge in [-0.2, -0.15) is 0 Å². The lowest BCUT2D eigenvalue weighted by Crippen LogP contribution is -2.35. The van der Waals surface area contributed by atoms with Crippen LogP contribution in [-0.4, -0.2) is 24.2 Å². The zero-order chi connectivity index (χ0) is 14.3. The topological polar surface area (TPSA) is 49.3 Å². The number of carbonyl (C=O) groups excluding carboxylic acids is 1. The molecular formula is C16H31NO2. The summed E-state index contributed by atoms with van der Waals surface area (Å²) in [6.07, 6.45) is 8.01. The standard InChI is InChI=1S/C16H31NO2/c1-13(14-7-5-4-6-8-14)11-15(19)17-12-16(2,3)9-10-18/h13-14,18H,4-12H2,1-3H3,(H,17,19). The summed E-state index contributed by atoms with van der Waals surface area (Å²) in [5.74, 6) is 1.41. The smallest absolute Gasteiger partial charge is 0.220 e. The molecule has 0 bridgehead atoms. The summed E-state index contributed by atoms with van der Waals surface area (Å²) in [7, 11) is 0. The van der Waals surface area contributed by atoms with Crippen LogP contribution in [0, 0.1) is 17.3 Å². The van der Waals surface area contributed by atoms with Crippen LogP contribution in [0.1, 0.15) is 65.7 Å². The van der Waals surface area contributed by atoms with Gasteiger partial charge in [-0.1, -0.05) is 52.9 Å². The van der Waals surface area contributed by atoms with Crippen LogP contribution < -0.4 is 5.32 Å². The summed E-state index contributed by atoms with van der Waals surface area (Å²) in [6.45, 7) is 7.21. The lowest BCUT2D eigenvalue weighted by molar-refractivity contribution is -0.122. The second kappa shape index (κ2) is 7.88. The molecule has 1 saturated carbocycles. The molecule has 0 aromatic heterocycles. The molecule has 0 aromatic carbocycles. The summed E-state index contributed by atoms with van der Waals surface area (Å²) >= 11 is 0. The molecule has 1 amide bonds. The fourth-order valence-corrected chi connectivity index (χ4v) is 2.96. The van der Waals surface area contributed by atoms with Crippen LogP contribution in [-0.2, 0) is 4.79 Å². The number of nitrogens with one attached hydrogen (secondary N) is 1. The minimum absolute atomic E-state index is 0.0154. The Bertz CT molecular complexity index is 270. The van der Waals surface area contributed by atoms with Gasteiger partial charge in [0.05, 0.1) is 0 Å². The fourth-order valence-electron chi connectivity index (χ4n) is 2.96. The van der Waals surface area contributed by atoms with E-state index in [9.17, 15) is 4.79 Å². The van der Waals surface area contributed by atoms with Crippen molar-refractivity contribution in [3.8, 4) is 0 Å². The third kappa shape index (κ3) is 6.42. The number of hydrogen-bond acceptors (Lipinski definition) is 2. The SMILES string of the molecule is CC(CC(=O)NCC(C)(C)CCO)C1CCCCC1. The van der Waals surface area contributed by atoms with Crippen molar-refractivity contribution in [2.24, 2.45) is 17.3 Å². The number of aliphatic hydroxyl groups excluding tert-OH is 1. The summed E-state index contributed by atoms with van der Waals surface area (Å²) in [4.78, 5) is 12.0. The minimum atomic E-state index is -0.0154. The Morgan fingerprint density at radius 1 is 1.32 bits per heavy atom. The summed E-state index contributed by atoms with van der Waals surface area (Å²) in [5.41, 5.74) is -0.0154. The summed E-state index contributed by atoms with van der Waals surface area (Å²) < 4.78 is 0. The van der Waals surface area contributed by atoms with Crippen molar-refractivity contribution in [2.75, 3.05) is 13.2 Å². The van der Waals surface area contributed by atoms with Gasteiger partial charge in [0.25, 0.3) is 0 Å². The van der Waals surface area contributed by atoms with E-state index < -0.39 is 0 Å². The molecule has 1 fully saturated rings. The third-order valence-electron chi connectivity index (χ3n) is 4.51. The van der Waals surface area contributed by atoms with Crippen LogP contribution in [0.5, 0.6) is 0 Å². The number of carbonyl (C=O) groups is 1. The lowest BCUT2D eigenvalue weighted by atomic mass is 9.79. The zero-order valence-electron chi connectivity index (χ0n) is 12.9. The first-order valence-electron chi connectivity index (χ1n) is 7.82. The molecular weight excluding hydrogens is 238 g/mol. The maximum absolute atomic E-state index is 12.0. The molecule has 0 aliphatic heterocycles. The largest absolute Gasteiger partial charge is 0.396 e. The Labute approximate surface area is 118 Å². The second-order valence-electron chi connectivity index (χ2n) is 6.99. The number of amides is 1. The Balaban J connectivity index is 2.26. The van der Waals surface area contributed by atoms with Gasteiger partial charge in [0.1, 0.15) is 0 Å². The molecule has 1 aliphatic rings. The predicted molar refractivity (Wildman–Crippen MR) is 78.8 cm³/mol. The average Bonchev–Trinajstić information content (AvgIpc) is 2.37. The molecule has 112 valence electrons. The van der Waals surface area contributed by atoms with Gasteiger partial charge in [0, 0.05) is 19.6 Å². The van der Waals surface area contributed by atoms with Crippen molar-refractivity contribution in [1.29, 1.82) is 0 Å². The van der Waals surface area contributed by atoms with Crippen LogP contribution in [0.2, 0.25) is 0 Å². The lowest BCUT2D eigenvalue weighted by Gasteiger charge is -2.28. The molecule has 0 heterocycles. The maximum atomic E-state index is 12.0. The van der Waals surface area contributed by atoms with Crippen molar-refractivity contribution in [3.63, 3.8) is 0 Å². The maximum Gasteiger partial charge on any atom is 0.220 e. The highest BCUT2D eigenvalue weighted by molar-refractivity contribution is 5.76. The van der Waals surface area contributed by atoms with E-state index in [4.69, 9.17) is 5.11 Å². The van der Waals surface area contributed by atoms with E-state index in [1.807, 2.05) is 0 Å². The van der Waals surface area contributed by atoms with Crippen molar-refractivity contribution < 1.29 is 9.90 Å². The molecule has 3 heteroatoms. The van der Waals surface area contributed by atoms with Gasteiger partial charge in [-0.15, -0.1) is 0 Å². The van der Waals surface area contributed by atoms with E-state index in [0.29, 0.717) is 18.9 Å². The van der Waals surface area contributed by atoms with E-state index in [1.165, 1.54) is 32.1 Å².